The summed E-state index contributed by atoms with van der Waals surface area (Å²) in [5.74, 6) is -0.114. The summed E-state index contributed by atoms with van der Waals surface area (Å²) >= 11 is 5.77. The molecule has 2 rings (SSSR count). The summed E-state index contributed by atoms with van der Waals surface area (Å²) in [6, 6.07) is 7.03. The maximum atomic E-state index is 11.7. The molecule has 0 aliphatic heterocycles. The van der Waals surface area contributed by atoms with Gasteiger partial charge in [-0.2, -0.15) is 0 Å². The molecule has 1 atom stereocenters. The van der Waals surface area contributed by atoms with Gasteiger partial charge in [0.2, 0.25) is 11.8 Å². The van der Waals surface area contributed by atoms with Crippen molar-refractivity contribution in [1.29, 1.82) is 0 Å². The van der Waals surface area contributed by atoms with Crippen LogP contribution in [-0.4, -0.2) is 11.8 Å². The minimum Gasteiger partial charge on any atom is -0.273 e. The van der Waals surface area contributed by atoms with E-state index in [2.05, 4.69) is 23.0 Å². The van der Waals surface area contributed by atoms with E-state index in [4.69, 9.17) is 11.6 Å². The lowest BCUT2D eigenvalue weighted by Crippen LogP contribution is -2.42. The molecule has 0 unspecified atom stereocenters. The molecule has 2 N–H and O–H groups in total. The van der Waals surface area contributed by atoms with Gasteiger partial charge < -0.3 is 0 Å². The van der Waals surface area contributed by atoms with E-state index in [-0.39, 0.29) is 18.2 Å². The van der Waals surface area contributed by atoms with Crippen molar-refractivity contribution in [1.82, 2.24) is 10.9 Å². The molecule has 1 aromatic carbocycles. The fourth-order valence-electron chi connectivity index (χ4n) is 2.13. The zero-order valence-corrected chi connectivity index (χ0v) is 11.8. The zero-order valence-electron chi connectivity index (χ0n) is 11.1. The molecule has 0 heterocycles. The van der Waals surface area contributed by atoms with Crippen molar-refractivity contribution < 1.29 is 9.59 Å². The second-order valence-corrected chi connectivity index (χ2v) is 5.31. The monoisotopic (exact) mass is 292 g/mol. The molecule has 0 bridgehead atoms. The first-order chi connectivity index (χ1) is 9.63. The summed E-state index contributed by atoms with van der Waals surface area (Å²) in [7, 11) is 0. The van der Waals surface area contributed by atoms with E-state index in [0.29, 0.717) is 17.4 Å². The second-order valence-electron chi connectivity index (χ2n) is 4.87. The van der Waals surface area contributed by atoms with Gasteiger partial charge >= 0.3 is 0 Å². The van der Waals surface area contributed by atoms with Crippen LogP contribution < -0.4 is 10.9 Å². The number of halogens is 1. The van der Waals surface area contributed by atoms with Gasteiger partial charge in [0.1, 0.15) is 0 Å². The standard InChI is InChI=1S/C15H17ClN2O2/c16-13-7-5-12(6-8-13)10-15(20)18-17-14(19)9-11-3-1-2-4-11/h1,3,5-8,11H,2,4,9-10H2,(H,17,19)(H,18,20)/t11-/m1/s1. The van der Waals surface area contributed by atoms with Crippen molar-refractivity contribution in [3.63, 3.8) is 0 Å². The third kappa shape index (κ3) is 4.70. The summed E-state index contributed by atoms with van der Waals surface area (Å²) in [4.78, 5) is 23.3. The molecular formula is C15H17ClN2O2. The molecule has 4 nitrogen and oxygen atoms in total. The van der Waals surface area contributed by atoms with Gasteiger partial charge in [0.05, 0.1) is 6.42 Å². The van der Waals surface area contributed by atoms with E-state index in [9.17, 15) is 9.59 Å². The van der Waals surface area contributed by atoms with Gasteiger partial charge in [0, 0.05) is 11.4 Å². The van der Waals surface area contributed by atoms with E-state index >= 15 is 0 Å². The van der Waals surface area contributed by atoms with E-state index in [1.165, 1.54) is 0 Å². The SMILES string of the molecule is O=C(Cc1ccc(Cl)cc1)NNC(=O)C[C@@H]1C=CCC1. The van der Waals surface area contributed by atoms with E-state index in [0.717, 1.165) is 18.4 Å². The van der Waals surface area contributed by atoms with Crippen molar-refractivity contribution in [2.45, 2.75) is 25.7 Å². The number of nitrogens with one attached hydrogen (secondary N) is 2. The Morgan fingerprint density at radius 3 is 2.50 bits per heavy atom. The lowest BCUT2D eigenvalue weighted by molar-refractivity contribution is -0.128. The Labute approximate surface area is 123 Å². The number of rotatable bonds is 4. The number of hydrogen-bond donors (Lipinski definition) is 2. The average molecular weight is 293 g/mol. The van der Waals surface area contributed by atoms with Gasteiger partial charge in [-0.15, -0.1) is 0 Å². The molecule has 1 aromatic rings. The first-order valence-corrected chi connectivity index (χ1v) is 7.00. The van der Waals surface area contributed by atoms with E-state index in [1.807, 2.05) is 0 Å². The molecule has 20 heavy (non-hydrogen) atoms. The van der Waals surface area contributed by atoms with Crippen LogP contribution in [0.5, 0.6) is 0 Å². The van der Waals surface area contributed by atoms with Gasteiger partial charge in [0.15, 0.2) is 0 Å². The fourth-order valence-corrected chi connectivity index (χ4v) is 2.25. The molecule has 5 heteroatoms. The lowest BCUT2D eigenvalue weighted by atomic mass is 10.1. The van der Waals surface area contributed by atoms with Crippen molar-refractivity contribution in [2.24, 2.45) is 5.92 Å². The Balaban J connectivity index is 1.70. The lowest BCUT2D eigenvalue weighted by Gasteiger charge is -2.10. The van der Waals surface area contributed by atoms with Gasteiger partial charge in [-0.3, -0.25) is 20.4 Å². The highest BCUT2D eigenvalue weighted by Crippen LogP contribution is 2.19. The highest BCUT2D eigenvalue weighted by molar-refractivity contribution is 6.30. The molecular weight excluding hydrogens is 276 g/mol. The van der Waals surface area contributed by atoms with Crippen LogP contribution >= 0.6 is 11.6 Å². The van der Waals surface area contributed by atoms with Crippen LogP contribution in [0.1, 0.15) is 24.8 Å². The third-order valence-corrected chi connectivity index (χ3v) is 3.43. The quantitative estimate of drug-likeness (QED) is 0.661. The minimum atomic E-state index is -0.248. The molecule has 0 spiro atoms. The molecule has 1 aliphatic rings. The van der Waals surface area contributed by atoms with E-state index in [1.54, 1.807) is 24.3 Å². The van der Waals surface area contributed by atoms with Crippen LogP contribution in [0.25, 0.3) is 0 Å². The first-order valence-electron chi connectivity index (χ1n) is 6.62. The Morgan fingerprint density at radius 2 is 1.85 bits per heavy atom. The maximum Gasteiger partial charge on any atom is 0.242 e. The predicted molar refractivity (Wildman–Crippen MR) is 77.9 cm³/mol. The summed E-state index contributed by atoms with van der Waals surface area (Å²) in [5, 5.41) is 0.632. The van der Waals surface area contributed by atoms with Crippen molar-refractivity contribution in [3.05, 3.63) is 47.0 Å². The van der Waals surface area contributed by atoms with Gasteiger partial charge in [-0.05, 0) is 36.5 Å². The number of allylic oxidation sites excluding steroid dienone is 2. The maximum absolute atomic E-state index is 11.7. The molecule has 2 amide bonds. The topological polar surface area (TPSA) is 58.2 Å². The Bertz CT molecular complexity index is 511. The summed E-state index contributed by atoms with van der Waals surface area (Å²) in [6.45, 7) is 0. The molecule has 0 fully saturated rings. The third-order valence-electron chi connectivity index (χ3n) is 3.18. The van der Waals surface area contributed by atoms with E-state index < -0.39 is 0 Å². The van der Waals surface area contributed by atoms with Gasteiger partial charge in [0.25, 0.3) is 0 Å². The average Bonchev–Trinajstić information content (AvgIpc) is 2.92. The van der Waals surface area contributed by atoms with Crippen molar-refractivity contribution >= 4 is 23.4 Å². The summed E-state index contributed by atoms with van der Waals surface area (Å²) in [5.41, 5.74) is 5.71. The Hall–Kier alpha value is -1.81. The molecule has 1 aliphatic carbocycles. The number of amides is 2. The largest absolute Gasteiger partial charge is 0.273 e. The number of carbonyl (C=O) groups excluding carboxylic acids is 2. The normalized spacial score (nSPS) is 16.9. The van der Waals surface area contributed by atoms with Crippen LogP contribution in [-0.2, 0) is 16.0 Å². The van der Waals surface area contributed by atoms with Gasteiger partial charge in [-0.1, -0.05) is 35.9 Å². The molecule has 0 aromatic heterocycles. The van der Waals surface area contributed by atoms with Crippen LogP contribution in [0, 0.1) is 5.92 Å². The van der Waals surface area contributed by atoms with Crippen LogP contribution in [0.2, 0.25) is 5.02 Å². The van der Waals surface area contributed by atoms with Crippen LogP contribution in [0.4, 0.5) is 0 Å². The van der Waals surface area contributed by atoms with Crippen molar-refractivity contribution in [2.75, 3.05) is 0 Å². The number of carbonyl (C=O) groups is 2. The van der Waals surface area contributed by atoms with Crippen molar-refractivity contribution in [3.8, 4) is 0 Å². The number of hydrogen-bond acceptors (Lipinski definition) is 2. The smallest absolute Gasteiger partial charge is 0.242 e. The summed E-state index contributed by atoms with van der Waals surface area (Å²) < 4.78 is 0. The highest BCUT2D eigenvalue weighted by atomic mass is 35.5. The number of benzene rings is 1. The van der Waals surface area contributed by atoms with Crippen LogP contribution in [0.15, 0.2) is 36.4 Å². The molecule has 106 valence electrons. The molecule has 0 radical (unpaired) electrons. The van der Waals surface area contributed by atoms with Crippen LogP contribution in [0.3, 0.4) is 0 Å². The summed E-state index contributed by atoms with van der Waals surface area (Å²) in [6.07, 6.45) is 6.79. The second kappa shape index (κ2) is 7.10. The predicted octanol–water partition coefficient (Wildman–Crippen LogP) is 2.39. The Morgan fingerprint density at radius 1 is 1.15 bits per heavy atom. The number of hydrazine groups is 1. The fraction of sp³-hybridized carbons (Fsp3) is 0.333. The molecule has 0 saturated carbocycles. The van der Waals surface area contributed by atoms with Gasteiger partial charge in [-0.25, -0.2) is 0 Å². The molecule has 0 saturated heterocycles. The zero-order chi connectivity index (χ0) is 14.4. The highest BCUT2D eigenvalue weighted by Gasteiger charge is 2.14. The minimum absolute atomic E-state index is 0.161. The Kier molecular flexibility index (Phi) is 5.18. The first kappa shape index (κ1) is 14.6.